The molecule has 3 aromatic heterocycles. The first-order chi connectivity index (χ1) is 13.5. The molecule has 8 heteroatoms. The van der Waals surface area contributed by atoms with Crippen LogP contribution < -0.4 is 14.8 Å². The van der Waals surface area contributed by atoms with Gasteiger partial charge in [-0.2, -0.15) is 0 Å². The lowest BCUT2D eigenvalue weighted by Crippen LogP contribution is -2.20. The molecule has 0 aliphatic heterocycles. The number of aryl methyl sites for hydroxylation is 1. The van der Waals surface area contributed by atoms with Gasteiger partial charge < -0.3 is 24.2 Å². The Morgan fingerprint density at radius 1 is 1.36 bits per heavy atom. The van der Waals surface area contributed by atoms with Crippen molar-refractivity contribution >= 4 is 23.0 Å². The Hall–Kier alpha value is -3.16. The Bertz CT molecular complexity index is 1030. The molecule has 3 aromatic rings. The molecule has 4 rings (SSSR count). The molecule has 1 aliphatic rings. The van der Waals surface area contributed by atoms with Gasteiger partial charge in [0.1, 0.15) is 29.6 Å². The zero-order chi connectivity index (χ0) is 19.9. The molecule has 1 fully saturated rings. The Morgan fingerprint density at radius 2 is 2.14 bits per heavy atom. The van der Waals surface area contributed by atoms with Crippen LogP contribution in [-0.4, -0.2) is 47.8 Å². The number of aldehydes is 1. The second kappa shape index (κ2) is 6.78. The predicted octanol–water partition coefficient (Wildman–Crippen LogP) is 2.99. The fraction of sp³-hybridized carbons (Fsp3) is 0.350. The van der Waals surface area contributed by atoms with Gasteiger partial charge in [-0.25, -0.2) is 14.4 Å². The second-order valence-corrected chi connectivity index (χ2v) is 6.99. The van der Waals surface area contributed by atoms with Crippen molar-refractivity contribution in [1.29, 1.82) is 0 Å². The normalized spacial score (nSPS) is 20.8. The fourth-order valence-corrected chi connectivity index (χ4v) is 3.43. The first kappa shape index (κ1) is 18.2. The summed E-state index contributed by atoms with van der Waals surface area (Å²) in [4.78, 5) is 19.8. The van der Waals surface area contributed by atoms with Crippen molar-refractivity contribution in [3.8, 4) is 22.9 Å². The lowest BCUT2D eigenvalue weighted by molar-refractivity contribution is -0.112. The number of alkyl halides is 1. The molecule has 1 aliphatic carbocycles. The fourth-order valence-electron chi connectivity index (χ4n) is 3.43. The molecule has 0 amide bonds. The minimum atomic E-state index is -1.07. The molecule has 1 N–H and O–H groups in total. The van der Waals surface area contributed by atoms with E-state index in [0.717, 1.165) is 22.2 Å². The number of hydrogen-bond donors (Lipinski definition) is 1. The van der Waals surface area contributed by atoms with E-state index >= 15 is 0 Å². The first-order valence-electron chi connectivity index (χ1n) is 8.90. The smallest absolute Gasteiger partial charge is 0.226 e. The quantitative estimate of drug-likeness (QED) is 0.631. The summed E-state index contributed by atoms with van der Waals surface area (Å²) in [5, 5.41) is 4.02. The zero-order valence-corrected chi connectivity index (χ0v) is 15.9. The molecule has 0 bridgehead atoms. The maximum atomic E-state index is 13.4. The van der Waals surface area contributed by atoms with Crippen molar-refractivity contribution in [1.82, 2.24) is 14.5 Å². The first-order valence-corrected chi connectivity index (χ1v) is 8.90. The van der Waals surface area contributed by atoms with Gasteiger partial charge >= 0.3 is 0 Å². The number of anilines is 1. The Balaban J connectivity index is 1.71. The van der Waals surface area contributed by atoms with Crippen LogP contribution >= 0.6 is 0 Å². The van der Waals surface area contributed by atoms with Gasteiger partial charge in [0.25, 0.3) is 0 Å². The van der Waals surface area contributed by atoms with E-state index in [-0.39, 0.29) is 13.0 Å². The number of carbonyl (C=O) groups excluding carboxylic acids is 1. The number of methoxy groups -OCH3 is 2. The number of halogens is 1. The van der Waals surface area contributed by atoms with Gasteiger partial charge in [0.2, 0.25) is 5.88 Å². The molecule has 28 heavy (non-hydrogen) atoms. The second-order valence-electron chi connectivity index (χ2n) is 6.99. The summed E-state index contributed by atoms with van der Waals surface area (Å²) in [5.41, 5.74) is 1.62. The van der Waals surface area contributed by atoms with Gasteiger partial charge in [-0.05, 0) is 24.6 Å². The Kier molecular flexibility index (Phi) is 4.41. The van der Waals surface area contributed by atoms with E-state index in [1.165, 1.54) is 0 Å². The van der Waals surface area contributed by atoms with Crippen molar-refractivity contribution in [3.05, 3.63) is 30.6 Å². The van der Waals surface area contributed by atoms with E-state index < -0.39 is 11.6 Å². The maximum absolute atomic E-state index is 13.4. The van der Waals surface area contributed by atoms with Gasteiger partial charge in [-0.1, -0.05) is 0 Å². The van der Waals surface area contributed by atoms with Crippen molar-refractivity contribution in [2.45, 2.75) is 12.6 Å². The Labute approximate surface area is 161 Å². The average Bonchev–Trinajstić information content (AvgIpc) is 3.27. The molecule has 7 nitrogen and oxygen atoms in total. The van der Waals surface area contributed by atoms with Crippen LogP contribution in [0.2, 0.25) is 0 Å². The van der Waals surface area contributed by atoms with Gasteiger partial charge in [0, 0.05) is 25.2 Å². The number of aromatic nitrogens is 3. The van der Waals surface area contributed by atoms with Gasteiger partial charge in [0.15, 0.2) is 0 Å². The largest absolute Gasteiger partial charge is 0.496 e. The van der Waals surface area contributed by atoms with E-state index in [4.69, 9.17) is 9.47 Å². The minimum absolute atomic E-state index is 0.236. The summed E-state index contributed by atoms with van der Waals surface area (Å²) in [6.07, 6.45) is 3.26. The van der Waals surface area contributed by atoms with Crippen molar-refractivity contribution < 1.29 is 18.7 Å². The number of pyridine rings is 2. The number of carbonyl (C=O) groups is 1. The van der Waals surface area contributed by atoms with Gasteiger partial charge in [0.05, 0.1) is 37.0 Å². The SMILES string of the molecule is COc1ccnc(OC)c1-c1cc2cc(NCC3(C=O)CC3F)ncc2n1C. The number of fused-ring (bicyclic) bond motifs is 1. The number of nitrogens with one attached hydrogen (secondary N) is 1. The lowest BCUT2D eigenvalue weighted by atomic mass is 10.1. The number of ether oxygens (including phenoxy) is 2. The van der Waals surface area contributed by atoms with E-state index in [1.807, 2.05) is 23.7 Å². The molecule has 146 valence electrons. The van der Waals surface area contributed by atoms with E-state index in [2.05, 4.69) is 15.3 Å². The summed E-state index contributed by atoms with van der Waals surface area (Å²) >= 11 is 0. The molecule has 2 atom stereocenters. The molecule has 1 saturated carbocycles. The highest BCUT2D eigenvalue weighted by Crippen LogP contribution is 2.46. The molecule has 0 aromatic carbocycles. The molecule has 0 saturated heterocycles. The maximum Gasteiger partial charge on any atom is 0.226 e. The van der Waals surface area contributed by atoms with Crippen molar-refractivity contribution in [3.63, 3.8) is 0 Å². The third kappa shape index (κ3) is 2.85. The van der Waals surface area contributed by atoms with Crippen molar-refractivity contribution in [2.75, 3.05) is 26.1 Å². The topological polar surface area (TPSA) is 78.3 Å². The average molecular weight is 384 g/mol. The van der Waals surface area contributed by atoms with Crippen LogP contribution in [0.15, 0.2) is 30.6 Å². The minimum Gasteiger partial charge on any atom is -0.496 e. The summed E-state index contributed by atoms with van der Waals surface area (Å²) in [6.45, 7) is 0.236. The number of nitrogens with zero attached hydrogens (tertiary/aromatic N) is 3. The number of rotatable bonds is 7. The van der Waals surface area contributed by atoms with Crippen molar-refractivity contribution in [2.24, 2.45) is 12.5 Å². The highest BCUT2D eigenvalue weighted by molar-refractivity contribution is 5.90. The third-order valence-corrected chi connectivity index (χ3v) is 5.33. The van der Waals surface area contributed by atoms with Crippen LogP contribution in [0.3, 0.4) is 0 Å². The monoisotopic (exact) mass is 384 g/mol. The summed E-state index contributed by atoms with van der Waals surface area (Å²) in [6, 6.07) is 5.65. The standard InChI is InChI=1S/C20H21FN4O3/c1-25-13(18-15(27-2)4-5-22-19(18)28-3)6-12-7-17(23-9-14(12)25)24-10-20(11-26)8-16(20)21/h4-7,9,11,16H,8,10H2,1-3H3,(H,23,24). The Morgan fingerprint density at radius 3 is 2.79 bits per heavy atom. The van der Waals surface area contributed by atoms with E-state index in [9.17, 15) is 9.18 Å². The van der Waals surface area contributed by atoms with Crippen LogP contribution in [-0.2, 0) is 11.8 Å². The summed E-state index contributed by atoms with van der Waals surface area (Å²) in [5.74, 6) is 1.71. The van der Waals surface area contributed by atoms with Crippen LogP contribution in [0.4, 0.5) is 10.2 Å². The summed E-state index contributed by atoms with van der Waals surface area (Å²) in [7, 11) is 5.09. The van der Waals surface area contributed by atoms with Crippen LogP contribution in [0, 0.1) is 5.41 Å². The molecule has 3 heterocycles. The van der Waals surface area contributed by atoms with E-state index in [0.29, 0.717) is 23.7 Å². The lowest BCUT2D eigenvalue weighted by Gasteiger charge is -2.12. The number of hydrogen-bond acceptors (Lipinski definition) is 6. The highest BCUT2D eigenvalue weighted by Gasteiger charge is 2.55. The summed E-state index contributed by atoms with van der Waals surface area (Å²) < 4.78 is 26.3. The third-order valence-electron chi connectivity index (χ3n) is 5.33. The van der Waals surface area contributed by atoms with E-state index in [1.54, 1.807) is 32.7 Å². The van der Waals surface area contributed by atoms with Crippen LogP contribution in [0.5, 0.6) is 11.6 Å². The molecular formula is C20H21FN4O3. The molecule has 0 spiro atoms. The molecule has 2 unspecified atom stereocenters. The predicted molar refractivity (Wildman–Crippen MR) is 104 cm³/mol. The zero-order valence-electron chi connectivity index (χ0n) is 15.9. The highest BCUT2D eigenvalue weighted by atomic mass is 19.1. The molecule has 0 radical (unpaired) electrons. The molecular weight excluding hydrogens is 363 g/mol. The van der Waals surface area contributed by atoms with Crippen LogP contribution in [0.25, 0.3) is 22.2 Å². The van der Waals surface area contributed by atoms with Crippen LogP contribution in [0.1, 0.15) is 6.42 Å². The van der Waals surface area contributed by atoms with Gasteiger partial charge in [-0.3, -0.25) is 0 Å². The van der Waals surface area contributed by atoms with Gasteiger partial charge in [-0.15, -0.1) is 0 Å².